The van der Waals surface area contributed by atoms with Crippen molar-refractivity contribution < 1.29 is 5.11 Å². The van der Waals surface area contributed by atoms with E-state index < -0.39 is 6.10 Å². The van der Waals surface area contributed by atoms with Crippen molar-refractivity contribution in [2.24, 2.45) is 0 Å². The maximum absolute atomic E-state index is 9.59. The Hall–Kier alpha value is -1.49. The third-order valence-corrected chi connectivity index (χ3v) is 3.32. The first-order valence-electron chi connectivity index (χ1n) is 6.58. The van der Waals surface area contributed by atoms with Crippen molar-refractivity contribution in [2.45, 2.75) is 18.6 Å². The van der Waals surface area contributed by atoms with Gasteiger partial charge in [0.1, 0.15) is 0 Å². The van der Waals surface area contributed by atoms with Crippen LogP contribution >= 0.6 is 11.6 Å². The number of hydrogen-bond acceptors (Lipinski definition) is 4. The Labute approximate surface area is 123 Å². The average Bonchev–Trinajstić information content (AvgIpc) is 2.53. The van der Waals surface area contributed by atoms with E-state index in [9.17, 15) is 5.11 Å². The van der Waals surface area contributed by atoms with Crippen molar-refractivity contribution in [3.05, 3.63) is 60.2 Å². The molecule has 2 aromatic heterocycles. The lowest BCUT2D eigenvalue weighted by atomic mass is 10.1. The number of aliphatic hydroxyl groups is 1. The molecular weight excluding hydrogens is 274 g/mol. The van der Waals surface area contributed by atoms with E-state index in [1.807, 2.05) is 36.4 Å². The van der Waals surface area contributed by atoms with Gasteiger partial charge in [-0.25, -0.2) is 0 Å². The minimum absolute atomic E-state index is 0.00367. The summed E-state index contributed by atoms with van der Waals surface area (Å²) < 4.78 is 0. The molecule has 0 aliphatic rings. The molecule has 0 fully saturated rings. The van der Waals surface area contributed by atoms with Gasteiger partial charge in [0.05, 0.1) is 17.8 Å². The first-order valence-corrected chi connectivity index (χ1v) is 7.11. The Bertz CT molecular complexity index is 495. The summed E-state index contributed by atoms with van der Waals surface area (Å²) in [5.41, 5.74) is 1.91. The standard InChI is InChI=1S/C15H18ClN3O/c16-10-13(20)11-19-15(14-6-2-4-8-18-14)9-12-5-1-3-7-17-12/h1-8,13,15,19-20H,9-11H2. The van der Waals surface area contributed by atoms with E-state index in [2.05, 4.69) is 15.3 Å². The van der Waals surface area contributed by atoms with Crippen molar-refractivity contribution in [2.75, 3.05) is 12.4 Å². The molecule has 5 heteroatoms. The maximum atomic E-state index is 9.59. The van der Waals surface area contributed by atoms with Crippen LogP contribution in [0.5, 0.6) is 0 Å². The van der Waals surface area contributed by atoms with Gasteiger partial charge in [-0.3, -0.25) is 9.97 Å². The van der Waals surface area contributed by atoms with Gasteiger partial charge in [-0.15, -0.1) is 11.6 Å². The number of hydrogen-bond donors (Lipinski definition) is 2. The second kappa shape index (κ2) is 7.94. The highest BCUT2D eigenvalue weighted by Gasteiger charge is 2.15. The zero-order valence-corrected chi connectivity index (χ0v) is 11.9. The fourth-order valence-electron chi connectivity index (χ4n) is 1.92. The molecule has 0 aliphatic heterocycles. The molecule has 0 spiro atoms. The number of nitrogens with zero attached hydrogens (tertiary/aromatic N) is 2. The van der Waals surface area contributed by atoms with Gasteiger partial charge in [-0.2, -0.15) is 0 Å². The third-order valence-electron chi connectivity index (χ3n) is 2.96. The molecule has 0 radical (unpaired) electrons. The van der Waals surface area contributed by atoms with Crippen LogP contribution in [0.2, 0.25) is 0 Å². The summed E-state index contributed by atoms with van der Waals surface area (Å²) in [6.07, 6.45) is 3.69. The highest BCUT2D eigenvalue weighted by atomic mass is 35.5. The number of pyridine rings is 2. The molecule has 0 aromatic carbocycles. The Morgan fingerprint density at radius 3 is 2.45 bits per heavy atom. The number of halogens is 1. The van der Waals surface area contributed by atoms with Gasteiger partial charge in [0.2, 0.25) is 0 Å². The van der Waals surface area contributed by atoms with Gasteiger partial charge in [0, 0.05) is 36.9 Å². The topological polar surface area (TPSA) is 58.0 Å². The largest absolute Gasteiger partial charge is 0.391 e. The van der Waals surface area contributed by atoms with Gasteiger partial charge >= 0.3 is 0 Å². The lowest BCUT2D eigenvalue weighted by Crippen LogP contribution is -2.33. The second-order valence-electron chi connectivity index (χ2n) is 4.55. The van der Waals surface area contributed by atoms with Crippen molar-refractivity contribution in [1.29, 1.82) is 0 Å². The number of rotatable bonds is 7. The summed E-state index contributed by atoms with van der Waals surface area (Å²) in [5.74, 6) is 0.214. The Balaban J connectivity index is 2.08. The molecule has 2 N–H and O–H groups in total. The van der Waals surface area contributed by atoms with Gasteiger partial charge < -0.3 is 10.4 Å². The van der Waals surface area contributed by atoms with E-state index in [1.54, 1.807) is 12.4 Å². The van der Waals surface area contributed by atoms with Crippen LogP contribution in [0.4, 0.5) is 0 Å². The molecule has 0 aliphatic carbocycles. The van der Waals surface area contributed by atoms with Gasteiger partial charge in [0.15, 0.2) is 0 Å². The number of nitrogens with one attached hydrogen (secondary N) is 1. The van der Waals surface area contributed by atoms with E-state index in [-0.39, 0.29) is 11.9 Å². The minimum atomic E-state index is -0.563. The summed E-state index contributed by atoms with van der Waals surface area (Å²) in [5, 5.41) is 12.9. The Kier molecular flexibility index (Phi) is 5.92. The molecule has 2 atom stereocenters. The zero-order chi connectivity index (χ0) is 14.2. The molecule has 2 aromatic rings. The zero-order valence-electron chi connectivity index (χ0n) is 11.1. The Morgan fingerprint density at radius 2 is 1.85 bits per heavy atom. The predicted octanol–water partition coefficient (Wildman–Crippen LogP) is 1.95. The van der Waals surface area contributed by atoms with E-state index in [0.717, 1.165) is 11.4 Å². The van der Waals surface area contributed by atoms with Gasteiger partial charge in [-0.05, 0) is 24.3 Å². The normalized spacial score (nSPS) is 13.9. The van der Waals surface area contributed by atoms with Crippen LogP contribution in [0.1, 0.15) is 17.4 Å². The fourth-order valence-corrected chi connectivity index (χ4v) is 2.03. The first-order chi connectivity index (χ1) is 9.79. The minimum Gasteiger partial charge on any atom is -0.391 e. The predicted molar refractivity (Wildman–Crippen MR) is 79.6 cm³/mol. The molecule has 2 unspecified atom stereocenters. The van der Waals surface area contributed by atoms with E-state index in [4.69, 9.17) is 11.6 Å². The lowest BCUT2D eigenvalue weighted by molar-refractivity contribution is 0.188. The lowest BCUT2D eigenvalue weighted by Gasteiger charge is -2.19. The number of alkyl halides is 1. The number of aromatic nitrogens is 2. The smallest absolute Gasteiger partial charge is 0.0799 e. The molecule has 2 heterocycles. The summed E-state index contributed by atoms with van der Waals surface area (Å²) in [7, 11) is 0. The summed E-state index contributed by atoms with van der Waals surface area (Å²) in [6, 6.07) is 11.6. The highest BCUT2D eigenvalue weighted by Crippen LogP contribution is 2.15. The second-order valence-corrected chi connectivity index (χ2v) is 4.86. The SMILES string of the molecule is OC(CCl)CNC(Cc1ccccn1)c1ccccn1. The van der Waals surface area contributed by atoms with Crippen LogP contribution in [0.25, 0.3) is 0 Å². The van der Waals surface area contributed by atoms with E-state index in [0.29, 0.717) is 13.0 Å². The molecule has 106 valence electrons. The Morgan fingerprint density at radius 1 is 1.10 bits per heavy atom. The molecule has 0 saturated heterocycles. The molecule has 20 heavy (non-hydrogen) atoms. The van der Waals surface area contributed by atoms with Crippen molar-refractivity contribution >= 4 is 11.6 Å². The quantitative estimate of drug-likeness (QED) is 0.766. The highest BCUT2D eigenvalue weighted by molar-refractivity contribution is 6.18. The molecule has 2 rings (SSSR count). The van der Waals surface area contributed by atoms with Crippen molar-refractivity contribution in [3.8, 4) is 0 Å². The summed E-state index contributed by atoms with van der Waals surface area (Å²) in [4.78, 5) is 8.71. The van der Waals surface area contributed by atoms with Crippen LogP contribution < -0.4 is 5.32 Å². The van der Waals surface area contributed by atoms with Crippen LogP contribution in [-0.4, -0.2) is 33.6 Å². The molecule has 0 bridgehead atoms. The summed E-state index contributed by atoms with van der Waals surface area (Å²) in [6.45, 7) is 0.428. The van der Waals surface area contributed by atoms with Crippen molar-refractivity contribution in [1.82, 2.24) is 15.3 Å². The van der Waals surface area contributed by atoms with Crippen LogP contribution in [0, 0.1) is 0 Å². The van der Waals surface area contributed by atoms with E-state index >= 15 is 0 Å². The van der Waals surface area contributed by atoms with Crippen LogP contribution in [0.3, 0.4) is 0 Å². The fraction of sp³-hybridized carbons (Fsp3) is 0.333. The monoisotopic (exact) mass is 291 g/mol. The summed E-state index contributed by atoms with van der Waals surface area (Å²) >= 11 is 5.62. The van der Waals surface area contributed by atoms with Crippen molar-refractivity contribution in [3.63, 3.8) is 0 Å². The molecule has 0 saturated carbocycles. The van der Waals surface area contributed by atoms with Gasteiger partial charge in [-0.1, -0.05) is 12.1 Å². The number of aliphatic hydroxyl groups excluding tert-OH is 1. The maximum Gasteiger partial charge on any atom is 0.0799 e. The third kappa shape index (κ3) is 4.56. The van der Waals surface area contributed by atoms with E-state index in [1.165, 1.54) is 0 Å². The molecule has 4 nitrogen and oxygen atoms in total. The van der Waals surface area contributed by atoms with Gasteiger partial charge in [0.25, 0.3) is 0 Å². The first kappa shape index (κ1) is 14.9. The average molecular weight is 292 g/mol. The molecule has 0 amide bonds. The molecular formula is C15H18ClN3O. The van der Waals surface area contributed by atoms with Crippen LogP contribution in [0.15, 0.2) is 48.8 Å². The van der Waals surface area contributed by atoms with Crippen LogP contribution in [-0.2, 0) is 6.42 Å².